The average molecular weight is 396 g/mol. The van der Waals surface area contributed by atoms with Crippen molar-refractivity contribution in [2.45, 2.75) is 0 Å². The van der Waals surface area contributed by atoms with Crippen LogP contribution in [-0.4, -0.2) is 43.7 Å². The molecule has 0 radical (unpaired) electrons. The smallest absolute Gasteiger partial charge is 0.260 e. The standard InChI is InChI=1S/C22H19ClFN3O/c23-17-8-9-20-21-15(17)4-3-5-16(21)22(28)27(20)14-25-10-12-26(13-11-25)19-7-2-1-6-18(19)24/h1-9H,10-14H2. The number of piperazine rings is 1. The summed E-state index contributed by atoms with van der Waals surface area (Å²) in [5.74, 6) is -0.177. The topological polar surface area (TPSA) is 26.8 Å². The molecule has 0 spiro atoms. The Morgan fingerprint density at radius 3 is 2.46 bits per heavy atom. The normalized spacial score (nSPS) is 17.0. The first-order valence-electron chi connectivity index (χ1n) is 9.38. The van der Waals surface area contributed by atoms with Gasteiger partial charge in [0.05, 0.1) is 18.0 Å². The van der Waals surface area contributed by atoms with Crippen LogP contribution in [0.25, 0.3) is 10.8 Å². The number of anilines is 2. The minimum Gasteiger partial charge on any atom is -0.367 e. The molecule has 0 N–H and O–H groups in total. The highest BCUT2D eigenvalue weighted by molar-refractivity contribution is 6.38. The summed E-state index contributed by atoms with van der Waals surface area (Å²) in [6.07, 6.45) is 0. The summed E-state index contributed by atoms with van der Waals surface area (Å²) in [5.41, 5.74) is 2.27. The van der Waals surface area contributed by atoms with Crippen LogP contribution in [0.2, 0.25) is 5.02 Å². The summed E-state index contributed by atoms with van der Waals surface area (Å²) in [7, 11) is 0. The van der Waals surface area contributed by atoms with Crippen molar-refractivity contribution in [3.8, 4) is 0 Å². The van der Waals surface area contributed by atoms with Crippen LogP contribution < -0.4 is 9.80 Å². The number of benzene rings is 3. The summed E-state index contributed by atoms with van der Waals surface area (Å²) in [4.78, 5) is 19.1. The van der Waals surface area contributed by atoms with E-state index in [-0.39, 0.29) is 11.7 Å². The van der Waals surface area contributed by atoms with Crippen molar-refractivity contribution in [3.05, 3.63) is 71.0 Å². The van der Waals surface area contributed by atoms with Gasteiger partial charge in [-0.15, -0.1) is 0 Å². The van der Waals surface area contributed by atoms with E-state index in [2.05, 4.69) is 9.80 Å². The first-order valence-corrected chi connectivity index (χ1v) is 9.76. The maximum absolute atomic E-state index is 14.0. The Morgan fingerprint density at radius 1 is 0.893 bits per heavy atom. The predicted molar refractivity (Wildman–Crippen MR) is 111 cm³/mol. The lowest BCUT2D eigenvalue weighted by molar-refractivity contribution is 0.0972. The second-order valence-electron chi connectivity index (χ2n) is 7.23. The summed E-state index contributed by atoms with van der Waals surface area (Å²) in [6, 6.07) is 16.3. The van der Waals surface area contributed by atoms with Crippen LogP contribution >= 0.6 is 11.6 Å². The molecule has 3 aromatic carbocycles. The van der Waals surface area contributed by atoms with Crippen molar-refractivity contribution >= 4 is 39.7 Å². The molecule has 0 bridgehead atoms. The molecule has 3 aromatic rings. The molecule has 0 saturated carbocycles. The van der Waals surface area contributed by atoms with Crippen LogP contribution in [0.15, 0.2) is 54.6 Å². The SMILES string of the molecule is O=C1c2cccc3c(Cl)ccc(c23)N1CN1CCN(c2ccccc2F)CC1. The van der Waals surface area contributed by atoms with Gasteiger partial charge in [0.15, 0.2) is 0 Å². The molecule has 1 saturated heterocycles. The van der Waals surface area contributed by atoms with E-state index in [4.69, 9.17) is 11.6 Å². The predicted octanol–water partition coefficient (Wildman–Crippen LogP) is 4.37. The van der Waals surface area contributed by atoms with Gasteiger partial charge < -0.3 is 4.90 Å². The lowest BCUT2D eigenvalue weighted by atomic mass is 10.1. The van der Waals surface area contributed by atoms with Gasteiger partial charge in [0, 0.05) is 47.5 Å². The zero-order valence-electron chi connectivity index (χ0n) is 15.2. The molecule has 0 aliphatic carbocycles. The van der Waals surface area contributed by atoms with Crippen LogP contribution in [-0.2, 0) is 0 Å². The number of para-hydroxylation sites is 1. The van der Waals surface area contributed by atoms with E-state index in [9.17, 15) is 9.18 Å². The van der Waals surface area contributed by atoms with Crippen LogP contribution in [0.3, 0.4) is 0 Å². The second-order valence-corrected chi connectivity index (χ2v) is 7.63. The largest absolute Gasteiger partial charge is 0.367 e. The Hall–Kier alpha value is -2.63. The number of nitrogens with zero attached hydrogens (tertiary/aromatic N) is 3. The van der Waals surface area contributed by atoms with Crippen LogP contribution in [0.1, 0.15) is 10.4 Å². The van der Waals surface area contributed by atoms with Gasteiger partial charge in [-0.1, -0.05) is 35.9 Å². The van der Waals surface area contributed by atoms with E-state index < -0.39 is 0 Å². The van der Waals surface area contributed by atoms with E-state index in [0.29, 0.717) is 22.9 Å². The Morgan fingerprint density at radius 2 is 1.68 bits per heavy atom. The minimum atomic E-state index is -0.190. The molecule has 1 amide bonds. The summed E-state index contributed by atoms with van der Waals surface area (Å²) in [6.45, 7) is 3.52. The monoisotopic (exact) mass is 395 g/mol. The van der Waals surface area contributed by atoms with Crippen molar-refractivity contribution in [1.82, 2.24) is 4.90 Å². The fourth-order valence-electron chi connectivity index (χ4n) is 4.19. The molecule has 6 heteroatoms. The van der Waals surface area contributed by atoms with Crippen LogP contribution in [0.5, 0.6) is 0 Å². The van der Waals surface area contributed by atoms with Crippen LogP contribution in [0.4, 0.5) is 15.8 Å². The number of hydrogen-bond acceptors (Lipinski definition) is 3. The quantitative estimate of drug-likeness (QED) is 0.658. The molecule has 5 rings (SSSR count). The highest BCUT2D eigenvalue weighted by Gasteiger charge is 2.32. The Bertz CT molecular complexity index is 1080. The molecule has 142 valence electrons. The van der Waals surface area contributed by atoms with E-state index in [1.807, 2.05) is 47.4 Å². The van der Waals surface area contributed by atoms with E-state index in [1.165, 1.54) is 6.07 Å². The van der Waals surface area contributed by atoms with Gasteiger partial charge in [-0.3, -0.25) is 14.6 Å². The molecule has 0 atom stereocenters. The van der Waals surface area contributed by atoms with E-state index in [0.717, 1.165) is 42.6 Å². The molecular weight excluding hydrogens is 377 g/mol. The van der Waals surface area contributed by atoms with Gasteiger partial charge in [0.2, 0.25) is 0 Å². The van der Waals surface area contributed by atoms with Gasteiger partial charge in [-0.2, -0.15) is 0 Å². The zero-order valence-corrected chi connectivity index (χ0v) is 16.0. The molecule has 2 heterocycles. The van der Waals surface area contributed by atoms with Crippen LogP contribution in [0, 0.1) is 5.82 Å². The zero-order chi connectivity index (χ0) is 19.3. The number of halogens is 2. The number of carbonyl (C=O) groups is 1. The Balaban J connectivity index is 1.34. The maximum Gasteiger partial charge on any atom is 0.260 e. The highest BCUT2D eigenvalue weighted by Crippen LogP contribution is 2.40. The van der Waals surface area contributed by atoms with E-state index >= 15 is 0 Å². The third kappa shape index (κ3) is 2.74. The number of carbonyl (C=O) groups excluding carboxylic acids is 1. The molecule has 2 aliphatic rings. The van der Waals surface area contributed by atoms with Crippen molar-refractivity contribution in [3.63, 3.8) is 0 Å². The van der Waals surface area contributed by atoms with Crippen molar-refractivity contribution < 1.29 is 9.18 Å². The van der Waals surface area contributed by atoms with Gasteiger partial charge >= 0.3 is 0 Å². The molecule has 28 heavy (non-hydrogen) atoms. The Kier molecular flexibility index (Phi) is 4.22. The summed E-state index contributed by atoms with van der Waals surface area (Å²) >= 11 is 6.33. The fourth-order valence-corrected chi connectivity index (χ4v) is 4.41. The molecular formula is C22H19ClFN3O. The maximum atomic E-state index is 14.0. The van der Waals surface area contributed by atoms with Gasteiger partial charge in [0.25, 0.3) is 5.91 Å². The summed E-state index contributed by atoms with van der Waals surface area (Å²) < 4.78 is 14.0. The minimum absolute atomic E-state index is 0.0133. The molecule has 4 nitrogen and oxygen atoms in total. The van der Waals surface area contributed by atoms with Gasteiger partial charge in [-0.25, -0.2) is 4.39 Å². The van der Waals surface area contributed by atoms with E-state index in [1.54, 1.807) is 6.07 Å². The molecule has 1 fully saturated rings. The fraction of sp³-hybridized carbons (Fsp3) is 0.227. The van der Waals surface area contributed by atoms with Gasteiger partial charge in [-0.05, 0) is 30.3 Å². The third-order valence-electron chi connectivity index (χ3n) is 5.64. The first-order chi connectivity index (χ1) is 13.6. The first kappa shape index (κ1) is 17.5. The van der Waals surface area contributed by atoms with Gasteiger partial charge in [0.1, 0.15) is 5.82 Å². The molecule has 2 aliphatic heterocycles. The lowest BCUT2D eigenvalue weighted by Gasteiger charge is -2.37. The Labute approximate surface area is 167 Å². The highest BCUT2D eigenvalue weighted by atomic mass is 35.5. The van der Waals surface area contributed by atoms with Crippen molar-refractivity contribution in [2.24, 2.45) is 0 Å². The summed E-state index contributed by atoms with van der Waals surface area (Å²) in [5, 5.41) is 2.51. The van der Waals surface area contributed by atoms with Crippen molar-refractivity contribution in [2.75, 3.05) is 42.6 Å². The third-order valence-corrected chi connectivity index (χ3v) is 5.97. The number of rotatable bonds is 3. The molecule has 0 aromatic heterocycles. The second kappa shape index (κ2) is 6.76. The number of hydrogen-bond donors (Lipinski definition) is 0. The molecule has 0 unspecified atom stereocenters. The van der Waals surface area contributed by atoms with Crippen molar-refractivity contribution in [1.29, 1.82) is 0 Å². The number of amides is 1. The lowest BCUT2D eigenvalue weighted by Crippen LogP contribution is -2.51. The average Bonchev–Trinajstić information content (AvgIpc) is 2.99.